The van der Waals surface area contributed by atoms with Crippen molar-refractivity contribution in [2.75, 3.05) is 5.88 Å². The molecule has 3 aromatic rings. The van der Waals surface area contributed by atoms with Crippen LogP contribution >= 0.6 is 11.6 Å². The molecular formula is C14H15ClN4O. The first-order chi connectivity index (χ1) is 9.69. The molecule has 0 aromatic carbocycles. The van der Waals surface area contributed by atoms with Gasteiger partial charge >= 0.3 is 0 Å². The average molecular weight is 291 g/mol. The highest BCUT2D eigenvalue weighted by molar-refractivity contribution is 6.17. The van der Waals surface area contributed by atoms with Gasteiger partial charge in [0.05, 0.1) is 6.54 Å². The van der Waals surface area contributed by atoms with E-state index >= 15 is 0 Å². The number of hydrogen-bond acceptors (Lipinski definition) is 4. The highest BCUT2D eigenvalue weighted by Gasteiger charge is 2.14. The van der Waals surface area contributed by atoms with Gasteiger partial charge in [0.15, 0.2) is 5.65 Å². The van der Waals surface area contributed by atoms with Gasteiger partial charge in [-0.2, -0.15) is 0 Å². The minimum Gasteiger partial charge on any atom is -0.361 e. The number of aryl methyl sites for hydroxylation is 3. The van der Waals surface area contributed by atoms with E-state index in [1.165, 1.54) is 0 Å². The standard InChI is InChI=1S/C14H15ClN4O/c1-9-4-6-16-14-13(9)17-12(3-5-15)19(14)8-11-7-10(2)20-18-11/h4,6-7H,3,5,8H2,1-2H3. The van der Waals surface area contributed by atoms with Gasteiger partial charge < -0.3 is 9.09 Å². The lowest BCUT2D eigenvalue weighted by molar-refractivity contribution is 0.389. The van der Waals surface area contributed by atoms with E-state index in [4.69, 9.17) is 16.1 Å². The summed E-state index contributed by atoms with van der Waals surface area (Å²) in [6, 6.07) is 3.89. The predicted octanol–water partition coefficient (Wildman–Crippen LogP) is 2.87. The molecule has 0 N–H and O–H groups in total. The van der Waals surface area contributed by atoms with Crippen molar-refractivity contribution in [3.8, 4) is 0 Å². The summed E-state index contributed by atoms with van der Waals surface area (Å²) in [7, 11) is 0. The highest BCUT2D eigenvalue weighted by atomic mass is 35.5. The van der Waals surface area contributed by atoms with Gasteiger partial charge in [-0.05, 0) is 25.5 Å². The first-order valence-electron chi connectivity index (χ1n) is 6.48. The first-order valence-corrected chi connectivity index (χ1v) is 7.01. The van der Waals surface area contributed by atoms with Crippen molar-refractivity contribution < 1.29 is 4.52 Å². The molecule has 0 aliphatic carbocycles. The predicted molar refractivity (Wildman–Crippen MR) is 77.0 cm³/mol. The molecule has 0 amide bonds. The molecule has 104 valence electrons. The van der Waals surface area contributed by atoms with Crippen molar-refractivity contribution in [2.45, 2.75) is 26.8 Å². The van der Waals surface area contributed by atoms with Crippen molar-refractivity contribution in [2.24, 2.45) is 0 Å². The van der Waals surface area contributed by atoms with Crippen LogP contribution in [-0.4, -0.2) is 25.6 Å². The molecule has 0 aliphatic heterocycles. The molecule has 0 spiro atoms. The summed E-state index contributed by atoms with van der Waals surface area (Å²) in [4.78, 5) is 9.11. The molecule has 0 unspecified atom stereocenters. The van der Waals surface area contributed by atoms with E-state index in [1.807, 2.05) is 26.0 Å². The Morgan fingerprint density at radius 3 is 2.90 bits per heavy atom. The van der Waals surface area contributed by atoms with Crippen molar-refractivity contribution in [3.63, 3.8) is 0 Å². The molecule has 0 bridgehead atoms. The number of nitrogens with zero attached hydrogens (tertiary/aromatic N) is 4. The number of pyridine rings is 1. The molecule has 0 fully saturated rings. The zero-order valence-corrected chi connectivity index (χ0v) is 12.2. The Hall–Kier alpha value is -1.88. The van der Waals surface area contributed by atoms with Crippen LogP contribution in [-0.2, 0) is 13.0 Å². The summed E-state index contributed by atoms with van der Waals surface area (Å²) in [6.45, 7) is 4.51. The summed E-state index contributed by atoms with van der Waals surface area (Å²) < 4.78 is 7.18. The maximum atomic E-state index is 5.87. The summed E-state index contributed by atoms with van der Waals surface area (Å²) in [6.07, 6.45) is 2.50. The lowest BCUT2D eigenvalue weighted by atomic mass is 10.3. The Morgan fingerprint density at radius 1 is 1.35 bits per heavy atom. The minimum absolute atomic E-state index is 0.528. The van der Waals surface area contributed by atoms with Crippen LogP contribution in [0.5, 0.6) is 0 Å². The van der Waals surface area contributed by atoms with Crippen molar-refractivity contribution >= 4 is 22.8 Å². The highest BCUT2D eigenvalue weighted by Crippen LogP contribution is 2.19. The fraction of sp³-hybridized carbons (Fsp3) is 0.357. The molecule has 0 radical (unpaired) electrons. The van der Waals surface area contributed by atoms with Crippen LogP contribution < -0.4 is 0 Å². The smallest absolute Gasteiger partial charge is 0.160 e. The molecule has 20 heavy (non-hydrogen) atoms. The molecular weight excluding hydrogens is 276 g/mol. The van der Waals surface area contributed by atoms with Crippen LogP contribution in [0.4, 0.5) is 0 Å². The molecule has 5 nitrogen and oxygen atoms in total. The molecule has 0 aliphatic rings. The van der Waals surface area contributed by atoms with Gasteiger partial charge in [0.25, 0.3) is 0 Å². The molecule has 6 heteroatoms. The fourth-order valence-corrected chi connectivity index (χ4v) is 2.45. The quantitative estimate of drug-likeness (QED) is 0.693. The van der Waals surface area contributed by atoms with E-state index in [1.54, 1.807) is 6.20 Å². The van der Waals surface area contributed by atoms with Crippen LogP contribution in [0.2, 0.25) is 0 Å². The maximum Gasteiger partial charge on any atom is 0.160 e. The SMILES string of the molecule is Cc1cc(Cn2c(CCCl)nc3c(C)ccnc32)no1. The maximum absolute atomic E-state index is 5.87. The zero-order chi connectivity index (χ0) is 14.1. The van der Waals surface area contributed by atoms with Crippen molar-refractivity contribution in [1.29, 1.82) is 0 Å². The second kappa shape index (κ2) is 5.25. The number of rotatable bonds is 4. The van der Waals surface area contributed by atoms with Crippen molar-refractivity contribution in [3.05, 3.63) is 41.2 Å². The average Bonchev–Trinajstić information content (AvgIpc) is 2.97. The Morgan fingerprint density at radius 2 is 2.20 bits per heavy atom. The number of fused-ring (bicyclic) bond motifs is 1. The largest absolute Gasteiger partial charge is 0.361 e. The third-order valence-electron chi connectivity index (χ3n) is 3.23. The minimum atomic E-state index is 0.528. The van der Waals surface area contributed by atoms with Gasteiger partial charge in [-0.3, -0.25) is 0 Å². The summed E-state index contributed by atoms with van der Waals surface area (Å²) >= 11 is 5.87. The van der Waals surface area contributed by atoms with Gasteiger partial charge in [-0.25, -0.2) is 9.97 Å². The molecule has 0 saturated carbocycles. The Labute approximate surface area is 121 Å². The molecule has 0 saturated heterocycles. The van der Waals surface area contributed by atoms with E-state index in [-0.39, 0.29) is 0 Å². The Bertz CT molecular complexity index is 747. The van der Waals surface area contributed by atoms with E-state index < -0.39 is 0 Å². The lowest BCUT2D eigenvalue weighted by Gasteiger charge is -2.05. The number of alkyl halides is 1. The first kappa shape index (κ1) is 13.1. The lowest BCUT2D eigenvalue weighted by Crippen LogP contribution is -2.07. The number of halogens is 1. The number of hydrogen-bond donors (Lipinski definition) is 0. The monoisotopic (exact) mass is 290 g/mol. The van der Waals surface area contributed by atoms with E-state index in [9.17, 15) is 0 Å². The van der Waals surface area contributed by atoms with Crippen LogP contribution in [0.25, 0.3) is 11.2 Å². The van der Waals surface area contributed by atoms with Gasteiger partial charge in [0.2, 0.25) is 0 Å². The van der Waals surface area contributed by atoms with Crippen LogP contribution in [0.15, 0.2) is 22.9 Å². The number of imidazole rings is 1. The van der Waals surface area contributed by atoms with Gasteiger partial charge in [0.1, 0.15) is 22.8 Å². The Kier molecular flexibility index (Phi) is 3.44. The second-order valence-corrected chi connectivity index (χ2v) is 5.16. The van der Waals surface area contributed by atoms with Gasteiger partial charge in [0, 0.05) is 24.6 Å². The third kappa shape index (κ3) is 2.29. The second-order valence-electron chi connectivity index (χ2n) is 4.78. The normalized spacial score (nSPS) is 11.3. The van der Waals surface area contributed by atoms with Crippen molar-refractivity contribution in [1.82, 2.24) is 19.7 Å². The van der Waals surface area contributed by atoms with Gasteiger partial charge in [-0.1, -0.05) is 5.16 Å². The van der Waals surface area contributed by atoms with E-state index in [2.05, 4.69) is 19.7 Å². The van der Waals surface area contributed by atoms with Crippen LogP contribution in [0.3, 0.4) is 0 Å². The molecule has 3 aromatic heterocycles. The number of aromatic nitrogens is 4. The van der Waals surface area contributed by atoms with E-state index in [0.717, 1.165) is 34.0 Å². The summed E-state index contributed by atoms with van der Waals surface area (Å²) in [5.74, 6) is 2.25. The molecule has 3 rings (SSSR count). The molecule has 0 atom stereocenters. The van der Waals surface area contributed by atoms with Crippen LogP contribution in [0, 0.1) is 13.8 Å². The van der Waals surface area contributed by atoms with Gasteiger partial charge in [-0.15, -0.1) is 11.6 Å². The third-order valence-corrected chi connectivity index (χ3v) is 3.42. The zero-order valence-electron chi connectivity index (χ0n) is 11.4. The molecule has 3 heterocycles. The summed E-state index contributed by atoms with van der Waals surface area (Å²) in [5.41, 5.74) is 3.76. The fourth-order valence-electron chi connectivity index (χ4n) is 2.28. The Balaban J connectivity index is 2.11. The summed E-state index contributed by atoms with van der Waals surface area (Å²) in [5, 5.41) is 4.04. The van der Waals surface area contributed by atoms with E-state index in [0.29, 0.717) is 18.8 Å². The topological polar surface area (TPSA) is 56.7 Å². The van der Waals surface area contributed by atoms with Crippen LogP contribution in [0.1, 0.15) is 22.8 Å².